The van der Waals surface area contributed by atoms with Gasteiger partial charge in [-0.05, 0) is 0 Å². The molecular weight excluding hydrogens is 178 g/mol. The van der Waals surface area contributed by atoms with E-state index in [0.717, 1.165) is 5.75 Å². The first-order valence-corrected chi connectivity index (χ1v) is 5.16. The molecule has 0 bridgehead atoms. The molecule has 4 nitrogen and oxygen atoms in total. The van der Waals surface area contributed by atoms with E-state index >= 15 is 0 Å². The maximum absolute atomic E-state index is 9.34. The van der Waals surface area contributed by atoms with Crippen molar-refractivity contribution in [1.82, 2.24) is 0 Å². The standard InChI is InChI=1S/C7H15NO3S/c8-1-2-12-4-6-7(10)5(9)3-11-6/h5-7,9-10H,1-4,8H2. The molecule has 0 spiro atoms. The van der Waals surface area contributed by atoms with Gasteiger partial charge in [0.05, 0.1) is 12.7 Å². The van der Waals surface area contributed by atoms with Gasteiger partial charge in [-0.25, -0.2) is 0 Å². The van der Waals surface area contributed by atoms with Crippen LogP contribution < -0.4 is 5.73 Å². The van der Waals surface area contributed by atoms with Crippen LogP contribution in [0.15, 0.2) is 0 Å². The predicted molar refractivity (Wildman–Crippen MR) is 48.1 cm³/mol. The minimum atomic E-state index is -0.727. The number of aliphatic hydroxyl groups excluding tert-OH is 2. The molecule has 0 amide bonds. The zero-order valence-corrected chi connectivity index (χ0v) is 7.67. The van der Waals surface area contributed by atoms with E-state index in [1.165, 1.54) is 0 Å². The molecule has 3 unspecified atom stereocenters. The largest absolute Gasteiger partial charge is 0.388 e. The third-order valence-electron chi connectivity index (χ3n) is 1.80. The Morgan fingerprint density at radius 2 is 2.25 bits per heavy atom. The van der Waals surface area contributed by atoms with Crippen LogP contribution in [0.2, 0.25) is 0 Å². The highest BCUT2D eigenvalue weighted by molar-refractivity contribution is 7.99. The molecule has 5 heteroatoms. The second-order valence-corrected chi connectivity index (χ2v) is 3.94. The molecule has 3 atom stereocenters. The Balaban J connectivity index is 2.16. The van der Waals surface area contributed by atoms with Crippen molar-refractivity contribution in [1.29, 1.82) is 0 Å². The predicted octanol–water partition coefficient (Wildman–Crippen LogP) is -1.20. The van der Waals surface area contributed by atoms with Gasteiger partial charge in [-0.2, -0.15) is 11.8 Å². The molecule has 0 radical (unpaired) electrons. The summed E-state index contributed by atoms with van der Waals surface area (Å²) in [5, 5.41) is 18.5. The third kappa shape index (κ3) is 2.60. The molecule has 4 N–H and O–H groups in total. The van der Waals surface area contributed by atoms with Crippen molar-refractivity contribution in [3.63, 3.8) is 0 Å². The third-order valence-corrected chi connectivity index (χ3v) is 2.89. The van der Waals surface area contributed by atoms with Crippen LogP contribution in [-0.2, 0) is 4.74 Å². The van der Waals surface area contributed by atoms with Crippen molar-refractivity contribution in [2.45, 2.75) is 18.3 Å². The zero-order chi connectivity index (χ0) is 8.97. The van der Waals surface area contributed by atoms with E-state index in [4.69, 9.17) is 15.6 Å². The van der Waals surface area contributed by atoms with E-state index in [0.29, 0.717) is 12.3 Å². The second-order valence-electron chi connectivity index (χ2n) is 2.79. The van der Waals surface area contributed by atoms with Crippen molar-refractivity contribution in [3.8, 4) is 0 Å². The first-order valence-electron chi connectivity index (χ1n) is 4.01. The van der Waals surface area contributed by atoms with Crippen molar-refractivity contribution < 1.29 is 14.9 Å². The Morgan fingerprint density at radius 3 is 2.75 bits per heavy atom. The van der Waals surface area contributed by atoms with Gasteiger partial charge >= 0.3 is 0 Å². The summed E-state index contributed by atoms with van der Waals surface area (Å²) in [6.07, 6.45) is -1.67. The molecule has 1 aliphatic heterocycles. The summed E-state index contributed by atoms with van der Waals surface area (Å²) in [4.78, 5) is 0. The lowest BCUT2D eigenvalue weighted by Gasteiger charge is -2.13. The number of hydrogen-bond acceptors (Lipinski definition) is 5. The summed E-state index contributed by atoms with van der Waals surface area (Å²) in [5.41, 5.74) is 5.30. The molecule has 0 aliphatic carbocycles. The highest BCUT2D eigenvalue weighted by Gasteiger charge is 2.33. The van der Waals surface area contributed by atoms with Gasteiger partial charge in [0.15, 0.2) is 0 Å². The van der Waals surface area contributed by atoms with E-state index in [-0.39, 0.29) is 12.7 Å². The Morgan fingerprint density at radius 1 is 1.50 bits per heavy atom. The van der Waals surface area contributed by atoms with E-state index in [2.05, 4.69) is 0 Å². The maximum Gasteiger partial charge on any atom is 0.109 e. The summed E-state index contributed by atoms with van der Waals surface area (Å²) in [5.74, 6) is 1.57. The normalized spacial score (nSPS) is 35.8. The lowest BCUT2D eigenvalue weighted by molar-refractivity contribution is 0.0337. The van der Waals surface area contributed by atoms with Gasteiger partial charge in [-0.3, -0.25) is 0 Å². The monoisotopic (exact) mass is 193 g/mol. The minimum Gasteiger partial charge on any atom is -0.388 e. The Bertz CT molecular complexity index is 136. The molecule has 1 saturated heterocycles. The summed E-state index contributed by atoms with van der Waals surface area (Å²) in [6.45, 7) is 0.880. The lowest BCUT2D eigenvalue weighted by Crippen LogP contribution is -2.31. The van der Waals surface area contributed by atoms with E-state index in [1.807, 2.05) is 0 Å². The van der Waals surface area contributed by atoms with E-state index in [1.54, 1.807) is 11.8 Å². The highest BCUT2D eigenvalue weighted by Crippen LogP contribution is 2.18. The fourth-order valence-corrected chi connectivity index (χ4v) is 1.96. The van der Waals surface area contributed by atoms with Crippen molar-refractivity contribution in [2.24, 2.45) is 5.73 Å². The van der Waals surface area contributed by atoms with Crippen molar-refractivity contribution in [2.75, 3.05) is 24.7 Å². The number of nitrogens with two attached hydrogens (primary N) is 1. The van der Waals surface area contributed by atoms with Gasteiger partial charge in [0.1, 0.15) is 12.2 Å². The van der Waals surface area contributed by atoms with Crippen LogP contribution in [0.4, 0.5) is 0 Å². The fourth-order valence-electron chi connectivity index (χ4n) is 1.10. The van der Waals surface area contributed by atoms with Gasteiger partial charge in [0.25, 0.3) is 0 Å². The van der Waals surface area contributed by atoms with Crippen LogP contribution in [0, 0.1) is 0 Å². The number of hydrogen-bond donors (Lipinski definition) is 3. The Labute approximate surface area is 76.1 Å². The van der Waals surface area contributed by atoms with Gasteiger partial charge in [0, 0.05) is 18.1 Å². The zero-order valence-electron chi connectivity index (χ0n) is 6.85. The first-order chi connectivity index (χ1) is 5.75. The first kappa shape index (κ1) is 10.3. The molecule has 1 aliphatic rings. The molecule has 12 heavy (non-hydrogen) atoms. The van der Waals surface area contributed by atoms with E-state index in [9.17, 15) is 5.11 Å². The van der Waals surface area contributed by atoms with Crippen molar-refractivity contribution in [3.05, 3.63) is 0 Å². The Hall–Kier alpha value is 0.190. The second kappa shape index (κ2) is 5.04. The Kier molecular flexibility index (Phi) is 4.31. The number of aliphatic hydroxyl groups is 2. The van der Waals surface area contributed by atoms with Crippen LogP contribution in [-0.4, -0.2) is 53.2 Å². The van der Waals surface area contributed by atoms with Crippen LogP contribution in [0.3, 0.4) is 0 Å². The average molecular weight is 193 g/mol. The molecule has 0 saturated carbocycles. The van der Waals surface area contributed by atoms with Crippen LogP contribution in [0.5, 0.6) is 0 Å². The van der Waals surface area contributed by atoms with Gasteiger partial charge in [0.2, 0.25) is 0 Å². The van der Waals surface area contributed by atoms with Crippen molar-refractivity contribution >= 4 is 11.8 Å². The number of rotatable bonds is 4. The van der Waals surface area contributed by atoms with Gasteiger partial charge < -0.3 is 20.7 Å². The topological polar surface area (TPSA) is 75.7 Å². The summed E-state index contributed by atoms with van der Waals surface area (Å²) < 4.78 is 5.16. The molecule has 1 fully saturated rings. The molecular formula is C7H15NO3S. The lowest BCUT2D eigenvalue weighted by atomic mass is 10.2. The molecule has 1 heterocycles. The van der Waals surface area contributed by atoms with Gasteiger partial charge in [-0.15, -0.1) is 0 Å². The molecule has 0 aromatic rings. The average Bonchev–Trinajstić information content (AvgIpc) is 2.36. The quantitative estimate of drug-likeness (QED) is 0.489. The summed E-state index contributed by atoms with van der Waals surface area (Å²) in [7, 11) is 0. The summed E-state index contributed by atoms with van der Waals surface area (Å²) >= 11 is 1.64. The van der Waals surface area contributed by atoms with Crippen LogP contribution in [0.1, 0.15) is 0 Å². The SMILES string of the molecule is NCCSCC1OCC(O)C1O. The highest BCUT2D eigenvalue weighted by atomic mass is 32.2. The maximum atomic E-state index is 9.34. The fraction of sp³-hybridized carbons (Fsp3) is 1.00. The molecule has 72 valence electrons. The number of ether oxygens (including phenoxy) is 1. The number of thioether (sulfide) groups is 1. The molecule has 0 aromatic carbocycles. The smallest absolute Gasteiger partial charge is 0.109 e. The minimum absolute atomic E-state index is 0.225. The summed E-state index contributed by atoms with van der Waals surface area (Å²) in [6, 6.07) is 0. The van der Waals surface area contributed by atoms with Crippen LogP contribution >= 0.6 is 11.8 Å². The molecule has 0 aromatic heterocycles. The molecule has 1 rings (SSSR count). The van der Waals surface area contributed by atoms with Crippen LogP contribution in [0.25, 0.3) is 0 Å². The van der Waals surface area contributed by atoms with Gasteiger partial charge in [-0.1, -0.05) is 0 Å². The van der Waals surface area contributed by atoms with E-state index < -0.39 is 12.2 Å².